The van der Waals surface area contributed by atoms with Gasteiger partial charge in [-0.05, 0) is 29.8 Å². The van der Waals surface area contributed by atoms with Crippen LogP contribution < -0.4 is 18.9 Å². The lowest BCUT2D eigenvalue weighted by molar-refractivity contribution is 0.323. The molecule has 0 aliphatic heterocycles. The van der Waals surface area contributed by atoms with Gasteiger partial charge in [0.05, 0.1) is 26.2 Å². The molecule has 0 heterocycles. The predicted molar refractivity (Wildman–Crippen MR) is 86.6 cm³/mol. The van der Waals surface area contributed by atoms with E-state index in [0.717, 1.165) is 0 Å². The molecule has 2 aromatic carbocycles. The number of benzene rings is 2. The minimum absolute atomic E-state index is 0.105. The summed E-state index contributed by atoms with van der Waals surface area (Å²) in [5.74, 6) is 1.41. The molecular formula is C16H19NO5S. The van der Waals surface area contributed by atoms with E-state index in [1.165, 1.54) is 33.5 Å². The van der Waals surface area contributed by atoms with Crippen molar-refractivity contribution in [3.63, 3.8) is 0 Å². The minimum Gasteiger partial charge on any atom is -0.493 e. The van der Waals surface area contributed by atoms with Gasteiger partial charge < -0.3 is 14.2 Å². The molecule has 124 valence electrons. The molecule has 0 unspecified atom stereocenters. The maximum Gasteiger partial charge on any atom is 0.240 e. The summed E-state index contributed by atoms with van der Waals surface area (Å²) in [5.41, 5.74) is 0.694. The SMILES string of the molecule is COc1cc(CNS(=O)(=O)c2ccccc2)cc(OC)c1OC. The molecule has 0 aromatic heterocycles. The molecular weight excluding hydrogens is 318 g/mol. The van der Waals surface area contributed by atoms with Gasteiger partial charge in [0, 0.05) is 6.54 Å². The van der Waals surface area contributed by atoms with Crippen molar-refractivity contribution < 1.29 is 22.6 Å². The van der Waals surface area contributed by atoms with Crippen molar-refractivity contribution >= 4 is 10.0 Å². The molecule has 7 heteroatoms. The molecule has 2 aromatic rings. The normalized spacial score (nSPS) is 11.1. The van der Waals surface area contributed by atoms with Crippen molar-refractivity contribution in [2.45, 2.75) is 11.4 Å². The predicted octanol–water partition coefficient (Wildman–Crippen LogP) is 2.19. The summed E-state index contributed by atoms with van der Waals surface area (Å²) in [6.45, 7) is 0.105. The summed E-state index contributed by atoms with van der Waals surface area (Å²) in [6.07, 6.45) is 0. The highest BCUT2D eigenvalue weighted by atomic mass is 32.2. The molecule has 2 rings (SSSR count). The van der Waals surface area contributed by atoms with Crippen LogP contribution >= 0.6 is 0 Å². The number of sulfonamides is 1. The Morgan fingerprint density at radius 3 is 1.96 bits per heavy atom. The molecule has 0 saturated heterocycles. The number of methoxy groups -OCH3 is 3. The largest absolute Gasteiger partial charge is 0.493 e. The van der Waals surface area contributed by atoms with Crippen molar-refractivity contribution in [2.24, 2.45) is 0 Å². The van der Waals surface area contributed by atoms with Gasteiger partial charge in [0.15, 0.2) is 11.5 Å². The highest BCUT2D eigenvalue weighted by molar-refractivity contribution is 7.89. The summed E-state index contributed by atoms with van der Waals surface area (Å²) >= 11 is 0. The number of ether oxygens (including phenoxy) is 3. The lowest BCUT2D eigenvalue weighted by Gasteiger charge is -2.14. The van der Waals surface area contributed by atoms with Crippen LogP contribution in [0.5, 0.6) is 17.2 Å². The van der Waals surface area contributed by atoms with Crippen LogP contribution in [0.4, 0.5) is 0 Å². The molecule has 0 aliphatic rings. The second-order valence-corrected chi connectivity index (χ2v) is 6.44. The Labute approximate surface area is 136 Å². The van der Waals surface area contributed by atoms with Crippen molar-refractivity contribution in [1.29, 1.82) is 0 Å². The van der Waals surface area contributed by atoms with E-state index >= 15 is 0 Å². The molecule has 0 saturated carbocycles. The van der Waals surface area contributed by atoms with Crippen LogP contribution in [0, 0.1) is 0 Å². The van der Waals surface area contributed by atoms with E-state index in [2.05, 4.69) is 4.72 Å². The van der Waals surface area contributed by atoms with Gasteiger partial charge in [-0.15, -0.1) is 0 Å². The molecule has 0 atom stereocenters. The molecule has 23 heavy (non-hydrogen) atoms. The van der Waals surface area contributed by atoms with Crippen LogP contribution in [0.1, 0.15) is 5.56 Å². The summed E-state index contributed by atoms with van der Waals surface area (Å²) in [5, 5.41) is 0. The topological polar surface area (TPSA) is 73.9 Å². The van der Waals surface area contributed by atoms with Crippen molar-refractivity contribution in [3.8, 4) is 17.2 Å². The van der Waals surface area contributed by atoms with E-state index in [0.29, 0.717) is 22.8 Å². The highest BCUT2D eigenvalue weighted by Crippen LogP contribution is 2.38. The fourth-order valence-corrected chi connectivity index (χ4v) is 3.14. The first-order chi connectivity index (χ1) is 11.0. The van der Waals surface area contributed by atoms with Crippen LogP contribution in [0.15, 0.2) is 47.4 Å². The summed E-state index contributed by atoms with van der Waals surface area (Å²) < 4.78 is 42.8. The van der Waals surface area contributed by atoms with Crippen LogP contribution in [0.2, 0.25) is 0 Å². The lowest BCUT2D eigenvalue weighted by Crippen LogP contribution is -2.23. The van der Waals surface area contributed by atoms with E-state index in [9.17, 15) is 8.42 Å². The van der Waals surface area contributed by atoms with E-state index in [1.54, 1.807) is 30.3 Å². The third kappa shape index (κ3) is 3.94. The van der Waals surface area contributed by atoms with E-state index in [4.69, 9.17) is 14.2 Å². The van der Waals surface area contributed by atoms with Gasteiger partial charge in [0.2, 0.25) is 15.8 Å². The number of nitrogens with one attached hydrogen (secondary N) is 1. The highest BCUT2D eigenvalue weighted by Gasteiger charge is 2.16. The van der Waals surface area contributed by atoms with Gasteiger partial charge in [-0.25, -0.2) is 13.1 Å². The lowest BCUT2D eigenvalue weighted by atomic mass is 10.2. The van der Waals surface area contributed by atoms with E-state index < -0.39 is 10.0 Å². The monoisotopic (exact) mass is 337 g/mol. The summed E-state index contributed by atoms with van der Waals surface area (Å²) in [7, 11) is 0.954. The Balaban J connectivity index is 2.24. The molecule has 0 radical (unpaired) electrons. The fourth-order valence-electron chi connectivity index (χ4n) is 2.10. The smallest absolute Gasteiger partial charge is 0.240 e. The number of hydrogen-bond donors (Lipinski definition) is 1. The average Bonchev–Trinajstić information content (AvgIpc) is 2.59. The second-order valence-electron chi connectivity index (χ2n) is 4.67. The second kappa shape index (κ2) is 7.34. The van der Waals surface area contributed by atoms with Crippen LogP contribution in [-0.2, 0) is 16.6 Å². The van der Waals surface area contributed by atoms with E-state index in [1.807, 2.05) is 0 Å². The van der Waals surface area contributed by atoms with Gasteiger partial charge in [0.1, 0.15) is 0 Å². The first-order valence-electron chi connectivity index (χ1n) is 6.85. The minimum atomic E-state index is -3.58. The number of rotatable bonds is 7. The first-order valence-corrected chi connectivity index (χ1v) is 8.33. The van der Waals surface area contributed by atoms with Gasteiger partial charge in [-0.2, -0.15) is 0 Å². The molecule has 6 nitrogen and oxygen atoms in total. The van der Waals surface area contributed by atoms with Gasteiger partial charge in [-0.3, -0.25) is 0 Å². The third-order valence-corrected chi connectivity index (χ3v) is 4.66. The molecule has 0 spiro atoms. The molecule has 0 bridgehead atoms. The third-order valence-electron chi connectivity index (χ3n) is 3.24. The summed E-state index contributed by atoms with van der Waals surface area (Å²) in [4.78, 5) is 0.215. The van der Waals surface area contributed by atoms with Gasteiger partial charge in [-0.1, -0.05) is 18.2 Å². The Morgan fingerprint density at radius 1 is 0.913 bits per heavy atom. The molecule has 0 aliphatic carbocycles. The zero-order chi connectivity index (χ0) is 16.9. The summed E-state index contributed by atoms with van der Waals surface area (Å²) in [6, 6.07) is 11.6. The zero-order valence-corrected chi connectivity index (χ0v) is 14.0. The maximum absolute atomic E-state index is 12.2. The first kappa shape index (κ1) is 17.1. The number of hydrogen-bond acceptors (Lipinski definition) is 5. The quantitative estimate of drug-likeness (QED) is 0.838. The van der Waals surface area contributed by atoms with Crippen molar-refractivity contribution in [2.75, 3.05) is 21.3 Å². The molecule has 0 amide bonds. The maximum atomic E-state index is 12.2. The zero-order valence-electron chi connectivity index (χ0n) is 13.2. The van der Waals surface area contributed by atoms with Gasteiger partial charge in [0.25, 0.3) is 0 Å². The molecule has 1 N–H and O–H groups in total. The fraction of sp³-hybridized carbons (Fsp3) is 0.250. The van der Waals surface area contributed by atoms with E-state index in [-0.39, 0.29) is 11.4 Å². The van der Waals surface area contributed by atoms with Crippen molar-refractivity contribution in [1.82, 2.24) is 4.72 Å². The Morgan fingerprint density at radius 2 is 1.48 bits per heavy atom. The van der Waals surface area contributed by atoms with Crippen LogP contribution in [-0.4, -0.2) is 29.7 Å². The van der Waals surface area contributed by atoms with Crippen LogP contribution in [0.25, 0.3) is 0 Å². The van der Waals surface area contributed by atoms with Gasteiger partial charge >= 0.3 is 0 Å². The molecule has 0 fully saturated rings. The Bertz CT molecular complexity index is 734. The van der Waals surface area contributed by atoms with Crippen molar-refractivity contribution in [3.05, 3.63) is 48.0 Å². The Hall–Kier alpha value is -2.25. The Kier molecular flexibility index (Phi) is 5.46. The standard InChI is InChI=1S/C16H19NO5S/c1-20-14-9-12(10-15(21-2)16(14)22-3)11-17-23(18,19)13-7-5-4-6-8-13/h4-10,17H,11H2,1-3H3. The average molecular weight is 337 g/mol. The van der Waals surface area contributed by atoms with Crippen LogP contribution in [0.3, 0.4) is 0 Å².